The molecule has 174 valence electrons. The first kappa shape index (κ1) is 23.4. The molecule has 1 fully saturated rings. The van der Waals surface area contributed by atoms with Gasteiger partial charge in [-0.1, -0.05) is 48.4 Å². The number of halogens is 1. The van der Waals surface area contributed by atoms with Gasteiger partial charge in [-0.15, -0.1) is 27.0 Å². The van der Waals surface area contributed by atoms with Crippen molar-refractivity contribution in [1.29, 1.82) is 0 Å². The molecule has 11 heteroatoms. The second-order valence-electron chi connectivity index (χ2n) is 7.66. The van der Waals surface area contributed by atoms with Gasteiger partial charge < -0.3 is 4.74 Å². The molecule has 0 aliphatic heterocycles. The van der Waals surface area contributed by atoms with Crippen molar-refractivity contribution >= 4 is 34.1 Å². The molecule has 1 aliphatic carbocycles. The maximum atomic E-state index is 13.1. The van der Waals surface area contributed by atoms with Crippen molar-refractivity contribution in [2.24, 2.45) is 0 Å². The zero-order valence-electron chi connectivity index (χ0n) is 18.1. The second-order valence-corrected chi connectivity index (χ2v) is 9.61. The van der Waals surface area contributed by atoms with Gasteiger partial charge in [0.1, 0.15) is 23.2 Å². The van der Waals surface area contributed by atoms with E-state index in [-0.39, 0.29) is 24.1 Å². The number of thioether (sulfide) groups is 1. The molecule has 0 bridgehead atoms. The van der Waals surface area contributed by atoms with Crippen molar-refractivity contribution in [3.63, 3.8) is 0 Å². The number of nitrogens with zero attached hydrogens (tertiary/aromatic N) is 5. The molecule has 2 heterocycles. The Kier molecular flexibility index (Phi) is 8.05. The van der Waals surface area contributed by atoms with E-state index in [1.807, 2.05) is 4.57 Å². The lowest BCUT2D eigenvalue weighted by Gasteiger charge is -2.18. The minimum Gasteiger partial charge on any atom is -0.486 e. The smallest absolute Gasteiger partial charge is 0.236 e. The number of hydrogen-bond acceptors (Lipinski definition) is 8. The number of rotatable bonds is 10. The van der Waals surface area contributed by atoms with Gasteiger partial charge in [-0.3, -0.25) is 14.7 Å². The maximum Gasteiger partial charge on any atom is 0.236 e. The third kappa shape index (κ3) is 6.38. The number of aromatic nitrogens is 5. The quantitative estimate of drug-likeness (QED) is 0.323. The Labute approximate surface area is 199 Å². The van der Waals surface area contributed by atoms with Gasteiger partial charge in [0.2, 0.25) is 11.0 Å². The fourth-order valence-corrected chi connectivity index (χ4v) is 5.30. The Morgan fingerprint density at radius 1 is 1.21 bits per heavy atom. The lowest BCUT2D eigenvalue weighted by Crippen LogP contribution is -2.15. The molecule has 1 N–H and O–H groups in total. The lowest BCUT2D eigenvalue weighted by molar-refractivity contribution is -0.113. The summed E-state index contributed by atoms with van der Waals surface area (Å²) in [6.07, 6.45) is 7.75. The Morgan fingerprint density at radius 2 is 2.00 bits per heavy atom. The molecule has 0 radical (unpaired) electrons. The van der Waals surface area contributed by atoms with E-state index >= 15 is 0 Å². The summed E-state index contributed by atoms with van der Waals surface area (Å²) < 4.78 is 20.6. The van der Waals surface area contributed by atoms with Gasteiger partial charge in [0.05, 0.1) is 5.75 Å². The summed E-state index contributed by atoms with van der Waals surface area (Å²) in [5.74, 6) is 1.24. The Bertz CT molecular complexity index is 1080. The average molecular weight is 489 g/mol. The highest BCUT2D eigenvalue weighted by Crippen LogP contribution is 2.35. The molecule has 1 amide bonds. The molecular formula is C22H25FN6O2S2. The van der Waals surface area contributed by atoms with E-state index in [0.717, 1.165) is 17.8 Å². The van der Waals surface area contributed by atoms with Crippen LogP contribution >= 0.6 is 23.1 Å². The van der Waals surface area contributed by atoms with Crippen LogP contribution in [0.4, 0.5) is 9.52 Å². The Hall–Kier alpha value is -2.79. The fourth-order valence-electron chi connectivity index (χ4n) is 3.61. The van der Waals surface area contributed by atoms with Crippen LogP contribution in [0.3, 0.4) is 0 Å². The van der Waals surface area contributed by atoms with Crippen LogP contribution in [-0.4, -0.2) is 36.6 Å². The number of benzene rings is 1. The first-order valence-corrected chi connectivity index (χ1v) is 12.6. The number of ether oxygens (including phenoxy) is 1. The van der Waals surface area contributed by atoms with Crippen molar-refractivity contribution in [3.05, 3.63) is 53.6 Å². The van der Waals surface area contributed by atoms with E-state index in [1.165, 1.54) is 54.5 Å². The molecule has 4 rings (SSSR count). The van der Waals surface area contributed by atoms with Gasteiger partial charge in [0.15, 0.2) is 11.0 Å². The Morgan fingerprint density at radius 3 is 2.76 bits per heavy atom. The number of carbonyl (C=O) groups is 1. The van der Waals surface area contributed by atoms with Crippen LogP contribution in [0.1, 0.15) is 48.9 Å². The van der Waals surface area contributed by atoms with E-state index < -0.39 is 0 Å². The number of carbonyl (C=O) groups excluding carboxylic acids is 1. The molecule has 0 saturated heterocycles. The van der Waals surface area contributed by atoms with Crippen molar-refractivity contribution in [3.8, 4) is 5.75 Å². The summed E-state index contributed by atoms with van der Waals surface area (Å²) in [7, 11) is 0. The minimum atomic E-state index is -0.326. The van der Waals surface area contributed by atoms with E-state index in [9.17, 15) is 9.18 Å². The van der Waals surface area contributed by atoms with E-state index in [1.54, 1.807) is 18.2 Å². The molecule has 33 heavy (non-hydrogen) atoms. The Balaban J connectivity index is 1.31. The number of hydrogen-bond donors (Lipinski definition) is 1. The molecule has 8 nitrogen and oxygen atoms in total. The molecule has 0 unspecified atom stereocenters. The highest BCUT2D eigenvalue weighted by Gasteiger charge is 2.20. The van der Waals surface area contributed by atoms with Gasteiger partial charge in [0.25, 0.3) is 0 Å². The van der Waals surface area contributed by atoms with Gasteiger partial charge in [-0.25, -0.2) is 4.39 Å². The van der Waals surface area contributed by atoms with E-state index in [2.05, 4.69) is 32.3 Å². The van der Waals surface area contributed by atoms with Crippen molar-refractivity contribution in [2.75, 3.05) is 11.1 Å². The van der Waals surface area contributed by atoms with Crippen LogP contribution in [-0.2, 0) is 17.9 Å². The van der Waals surface area contributed by atoms with Crippen LogP contribution < -0.4 is 10.1 Å². The summed E-state index contributed by atoms with van der Waals surface area (Å²) in [5, 5.41) is 21.7. The van der Waals surface area contributed by atoms with Crippen LogP contribution in [0.2, 0.25) is 0 Å². The summed E-state index contributed by atoms with van der Waals surface area (Å²) >= 11 is 2.73. The minimum absolute atomic E-state index is 0.159. The topological polar surface area (TPSA) is 94.8 Å². The van der Waals surface area contributed by atoms with Crippen LogP contribution in [0.15, 0.2) is 42.1 Å². The van der Waals surface area contributed by atoms with Crippen molar-refractivity contribution in [2.45, 2.75) is 56.3 Å². The highest BCUT2D eigenvalue weighted by molar-refractivity contribution is 7.99. The molecule has 0 atom stereocenters. The zero-order valence-corrected chi connectivity index (χ0v) is 19.7. The van der Waals surface area contributed by atoms with E-state index in [0.29, 0.717) is 34.3 Å². The van der Waals surface area contributed by atoms with Crippen molar-refractivity contribution in [1.82, 2.24) is 25.0 Å². The number of nitrogens with one attached hydrogen (secondary N) is 1. The van der Waals surface area contributed by atoms with Gasteiger partial charge in [0, 0.05) is 12.5 Å². The molecule has 1 saturated carbocycles. The monoisotopic (exact) mass is 488 g/mol. The lowest BCUT2D eigenvalue weighted by atomic mass is 9.90. The zero-order chi connectivity index (χ0) is 23.0. The largest absolute Gasteiger partial charge is 0.486 e. The second kappa shape index (κ2) is 11.4. The number of allylic oxidation sites excluding steroid dienone is 1. The van der Waals surface area contributed by atoms with Gasteiger partial charge >= 0.3 is 0 Å². The third-order valence-corrected chi connectivity index (χ3v) is 7.23. The highest BCUT2D eigenvalue weighted by atomic mass is 32.2. The van der Waals surface area contributed by atoms with Gasteiger partial charge in [-0.2, -0.15) is 0 Å². The SMILES string of the molecule is C=CCn1c(COc2ccc(F)cc2)nnc1SCC(=O)Nc1nnc(C2CCCCC2)s1. The predicted molar refractivity (Wildman–Crippen MR) is 126 cm³/mol. The fraction of sp³-hybridized carbons (Fsp3) is 0.409. The van der Waals surface area contributed by atoms with Gasteiger partial charge in [-0.05, 0) is 37.1 Å². The predicted octanol–water partition coefficient (Wildman–Crippen LogP) is 4.81. The van der Waals surface area contributed by atoms with Crippen LogP contribution in [0, 0.1) is 5.82 Å². The molecule has 2 aromatic heterocycles. The molecule has 3 aromatic rings. The summed E-state index contributed by atoms with van der Waals surface area (Å²) in [4.78, 5) is 12.5. The molecule has 1 aliphatic rings. The van der Waals surface area contributed by atoms with Crippen molar-refractivity contribution < 1.29 is 13.9 Å². The van der Waals surface area contributed by atoms with E-state index in [4.69, 9.17) is 4.74 Å². The summed E-state index contributed by atoms with van der Waals surface area (Å²) in [6.45, 7) is 4.41. The van der Waals surface area contributed by atoms with Crippen LogP contribution in [0.5, 0.6) is 5.75 Å². The summed E-state index contributed by atoms with van der Waals surface area (Å²) in [5.41, 5.74) is 0. The van der Waals surface area contributed by atoms with Crippen LogP contribution in [0.25, 0.3) is 0 Å². The number of amides is 1. The molecule has 0 spiro atoms. The maximum absolute atomic E-state index is 13.1. The molecular weight excluding hydrogens is 463 g/mol. The molecule has 1 aromatic carbocycles. The summed E-state index contributed by atoms with van der Waals surface area (Å²) in [6, 6.07) is 5.77. The first-order chi connectivity index (χ1) is 16.1. The average Bonchev–Trinajstić information content (AvgIpc) is 3.45. The first-order valence-electron chi connectivity index (χ1n) is 10.8. The number of anilines is 1. The normalized spacial score (nSPS) is 14.2. The standard InChI is InChI=1S/C22H25FN6O2S2/c1-2-12-29-18(13-31-17-10-8-16(23)9-11-17)25-28-22(29)32-14-19(30)24-21-27-26-20(33-21)15-6-4-3-5-7-15/h2,8-11,15H,1,3-7,12-14H2,(H,24,27,30). The third-order valence-electron chi connectivity index (χ3n) is 5.26.